The molecule has 0 fully saturated rings. The van der Waals surface area contributed by atoms with E-state index in [0.717, 1.165) is 11.1 Å². The van der Waals surface area contributed by atoms with Crippen LogP contribution in [0, 0.1) is 6.92 Å². The van der Waals surface area contributed by atoms with Gasteiger partial charge in [-0.15, -0.1) is 0 Å². The summed E-state index contributed by atoms with van der Waals surface area (Å²) in [6.45, 7) is 1.92. The molecule has 0 bridgehead atoms. The van der Waals surface area contributed by atoms with E-state index >= 15 is 0 Å². The van der Waals surface area contributed by atoms with Crippen molar-refractivity contribution in [1.29, 1.82) is 0 Å². The molecule has 94 valence electrons. The minimum atomic E-state index is -0.442. The third-order valence-electron chi connectivity index (χ3n) is 2.41. The lowest BCUT2D eigenvalue weighted by Crippen LogP contribution is -2.17. The summed E-state index contributed by atoms with van der Waals surface area (Å²) >= 11 is 0. The molecule has 0 heterocycles. The van der Waals surface area contributed by atoms with Crippen LogP contribution in [0.25, 0.3) is 0 Å². The largest absolute Gasteiger partial charge is 0.497 e. The van der Waals surface area contributed by atoms with E-state index in [1.165, 1.54) is 0 Å². The van der Waals surface area contributed by atoms with Crippen LogP contribution in [-0.2, 0) is 16.1 Å². The lowest BCUT2D eigenvalue weighted by molar-refractivity contribution is -0.143. The molecule has 0 aliphatic rings. The molecular weight excluding hydrogens is 222 g/mol. The van der Waals surface area contributed by atoms with E-state index < -0.39 is 5.97 Å². The van der Waals surface area contributed by atoms with E-state index in [-0.39, 0.29) is 13.2 Å². The number of hydrogen-bond donors (Lipinski definition) is 1. The minimum absolute atomic E-state index is 0.127. The molecule has 5 nitrogen and oxygen atoms in total. The summed E-state index contributed by atoms with van der Waals surface area (Å²) in [6.07, 6.45) is 0. The standard InChI is InChI=1S/C12H17NO4/c1-8-4-9(15-2)5-11(16-3)10(8)7-17-12(14)6-13/h4-5H,6-7,13H2,1-3H3. The summed E-state index contributed by atoms with van der Waals surface area (Å²) in [7, 11) is 3.14. The van der Waals surface area contributed by atoms with Gasteiger partial charge in [-0.05, 0) is 18.6 Å². The zero-order valence-corrected chi connectivity index (χ0v) is 10.3. The summed E-state index contributed by atoms with van der Waals surface area (Å²) in [5.41, 5.74) is 6.92. The number of carbonyl (C=O) groups is 1. The maximum absolute atomic E-state index is 11.0. The average molecular weight is 239 g/mol. The fourth-order valence-corrected chi connectivity index (χ4v) is 1.45. The van der Waals surface area contributed by atoms with E-state index in [9.17, 15) is 4.79 Å². The highest BCUT2D eigenvalue weighted by atomic mass is 16.5. The molecule has 0 amide bonds. The number of rotatable bonds is 5. The zero-order valence-electron chi connectivity index (χ0n) is 10.3. The molecule has 0 aromatic heterocycles. The van der Waals surface area contributed by atoms with E-state index in [0.29, 0.717) is 11.5 Å². The molecule has 0 spiro atoms. The fraction of sp³-hybridized carbons (Fsp3) is 0.417. The van der Waals surface area contributed by atoms with Crippen molar-refractivity contribution < 1.29 is 19.0 Å². The maximum atomic E-state index is 11.0. The Balaban J connectivity index is 2.93. The molecule has 0 atom stereocenters. The number of hydrogen-bond acceptors (Lipinski definition) is 5. The van der Waals surface area contributed by atoms with Gasteiger partial charge in [-0.1, -0.05) is 0 Å². The molecule has 0 saturated carbocycles. The molecule has 0 aliphatic heterocycles. The van der Waals surface area contributed by atoms with Crippen molar-refractivity contribution in [2.45, 2.75) is 13.5 Å². The topological polar surface area (TPSA) is 70.8 Å². The minimum Gasteiger partial charge on any atom is -0.497 e. The van der Waals surface area contributed by atoms with E-state index in [4.69, 9.17) is 19.9 Å². The smallest absolute Gasteiger partial charge is 0.320 e. The highest BCUT2D eigenvalue weighted by molar-refractivity contribution is 5.71. The molecule has 0 unspecified atom stereocenters. The van der Waals surface area contributed by atoms with Gasteiger partial charge in [-0.25, -0.2) is 0 Å². The van der Waals surface area contributed by atoms with Gasteiger partial charge in [-0.3, -0.25) is 4.79 Å². The van der Waals surface area contributed by atoms with Crippen LogP contribution in [0.4, 0.5) is 0 Å². The Labute approximate surface area is 100 Å². The van der Waals surface area contributed by atoms with Gasteiger partial charge in [0, 0.05) is 11.6 Å². The summed E-state index contributed by atoms with van der Waals surface area (Å²) in [6, 6.07) is 3.60. The maximum Gasteiger partial charge on any atom is 0.320 e. The van der Waals surface area contributed by atoms with Crippen LogP contribution in [0.3, 0.4) is 0 Å². The van der Waals surface area contributed by atoms with Gasteiger partial charge in [-0.2, -0.15) is 0 Å². The summed E-state index contributed by atoms with van der Waals surface area (Å²) in [4.78, 5) is 11.0. The van der Waals surface area contributed by atoms with Crippen molar-refractivity contribution in [2.24, 2.45) is 5.73 Å². The second-order valence-electron chi connectivity index (χ2n) is 3.49. The predicted molar refractivity (Wildman–Crippen MR) is 63.1 cm³/mol. The van der Waals surface area contributed by atoms with Gasteiger partial charge in [0.05, 0.1) is 20.8 Å². The lowest BCUT2D eigenvalue weighted by Gasteiger charge is -2.13. The van der Waals surface area contributed by atoms with Crippen molar-refractivity contribution in [1.82, 2.24) is 0 Å². The van der Waals surface area contributed by atoms with Gasteiger partial charge in [0.1, 0.15) is 18.1 Å². The first-order valence-corrected chi connectivity index (χ1v) is 5.19. The quantitative estimate of drug-likeness (QED) is 0.776. The third kappa shape index (κ3) is 3.35. The molecule has 1 aromatic carbocycles. The molecule has 0 radical (unpaired) electrons. The Morgan fingerprint density at radius 3 is 2.53 bits per heavy atom. The van der Waals surface area contributed by atoms with Crippen LogP contribution in [0.2, 0.25) is 0 Å². The SMILES string of the molecule is COc1cc(C)c(COC(=O)CN)c(OC)c1. The van der Waals surface area contributed by atoms with Crippen LogP contribution < -0.4 is 15.2 Å². The Morgan fingerprint density at radius 2 is 2.00 bits per heavy atom. The van der Waals surface area contributed by atoms with Gasteiger partial charge in [0.2, 0.25) is 0 Å². The zero-order chi connectivity index (χ0) is 12.8. The fourth-order valence-electron chi connectivity index (χ4n) is 1.45. The van der Waals surface area contributed by atoms with Gasteiger partial charge in [0.15, 0.2) is 0 Å². The van der Waals surface area contributed by atoms with Crippen molar-refractivity contribution in [2.75, 3.05) is 20.8 Å². The van der Waals surface area contributed by atoms with Crippen LogP contribution in [-0.4, -0.2) is 26.7 Å². The number of esters is 1. The second-order valence-corrected chi connectivity index (χ2v) is 3.49. The van der Waals surface area contributed by atoms with Crippen LogP contribution in [0.15, 0.2) is 12.1 Å². The monoisotopic (exact) mass is 239 g/mol. The Hall–Kier alpha value is -1.75. The van der Waals surface area contributed by atoms with Gasteiger partial charge < -0.3 is 19.9 Å². The number of benzene rings is 1. The number of carbonyl (C=O) groups excluding carboxylic acids is 1. The van der Waals surface area contributed by atoms with Crippen molar-refractivity contribution >= 4 is 5.97 Å². The first kappa shape index (κ1) is 13.3. The van der Waals surface area contributed by atoms with Crippen LogP contribution >= 0.6 is 0 Å². The third-order valence-corrected chi connectivity index (χ3v) is 2.41. The number of methoxy groups -OCH3 is 2. The Morgan fingerprint density at radius 1 is 1.29 bits per heavy atom. The van der Waals surface area contributed by atoms with Crippen molar-refractivity contribution in [3.8, 4) is 11.5 Å². The highest BCUT2D eigenvalue weighted by Gasteiger charge is 2.11. The average Bonchev–Trinajstić information content (AvgIpc) is 2.35. The predicted octanol–water partition coefficient (Wildman–Crippen LogP) is 1.01. The summed E-state index contributed by atoms with van der Waals surface area (Å²) in [5, 5.41) is 0. The number of ether oxygens (including phenoxy) is 3. The number of aryl methyl sites for hydroxylation is 1. The molecule has 1 rings (SSSR count). The molecule has 2 N–H and O–H groups in total. The van der Waals surface area contributed by atoms with Crippen LogP contribution in [0.1, 0.15) is 11.1 Å². The Bertz CT molecular complexity index is 404. The van der Waals surface area contributed by atoms with E-state index in [2.05, 4.69) is 0 Å². The van der Waals surface area contributed by atoms with Gasteiger partial charge >= 0.3 is 5.97 Å². The van der Waals surface area contributed by atoms with Crippen molar-refractivity contribution in [3.05, 3.63) is 23.3 Å². The van der Waals surface area contributed by atoms with Crippen molar-refractivity contribution in [3.63, 3.8) is 0 Å². The summed E-state index contributed by atoms with van der Waals surface area (Å²) < 4.78 is 15.4. The molecule has 5 heteroatoms. The lowest BCUT2D eigenvalue weighted by atomic mass is 10.1. The molecule has 0 saturated heterocycles. The Kier molecular flexibility index (Phi) is 4.78. The van der Waals surface area contributed by atoms with E-state index in [1.807, 2.05) is 13.0 Å². The molecule has 1 aromatic rings. The van der Waals surface area contributed by atoms with Gasteiger partial charge in [0.25, 0.3) is 0 Å². The summed E-state index contributed by atoms with van der Waals surface area (Å²) in [5.74, 6) is 0.891. The second kappa shape index (κ2) is 6.10. The normalized spacial score (nSPS) is 9.88. The first-order chi connectivity index (χ1) is 8.12. The highest BCUT2D eigenvalue weighted by Crippen LogP contribution is 2.28. The van der Waals surface area contributed by atoms with E-state index in [1.54, 1.807) is 20.3 Å². The number of nitrogens with two attached hydrogens (primary N) is 1. The molecular formula is C12H17NO4. The molecule has 17 heavy (non-hydrogen) atoms. The first-order valence-electron chi connectivity index (χ1n) is 5.19. The van der Waals surface area contributed by atoms with Crippen LogP contribution in [0.5, 0.6) is 11.5 Å². The molecule has 0 aliphatic carbocycles.